The third-order valence-corrected chi connectivity index (χ3v) is 18.0. The molecule has 5 fully saturated rings. The van der Waals surface area contributed by atoms with E-state index in [1.165, 1.54) is 68.1 Å². The monoisotopic (exact) mass is 726 g/mol. The van der Waals surface area contributed by atoms with Crippen LogP contribution in [0.15, 0.2) is 42.5 Å². The summed E-state index contributed by atoms with van der Waals surface area (Å²) in [5, 5.41) is 13.7. The number of allylic oxidation sites excluding steroid dienone is 3. The molecule has 4 saturated carbocycles. The number of carboxylic acids is 1. The number of benzene rings is 1. The van der Waals surface area contributed by atoms with E-state index in [1.807, 2.05) is 12.1 Å². The van der Waals surface area contributed by atoms with Crippen LogP contribution < -0.4 is 5.32 Å². The summed E-state index contributed by atoms with van der Waals surface area (Å²) in [5.41, 5.74) is 5.23. The highest BCUT2D eigenvalue weighted by molar-refractivity contribution is 7.91. The molecule has 8 heteroatoms. The van der Waals surface area contributed by atoms with Crippen LogP contribution in [0.5, 0.6) is 0 Å². The maximum absolute atomic E-state index is 12.0. The van der Waals surface area contributed by atoms with E-state index in [0.29, 0.717) is 59.7 Å². The summed E-state index contributed by atoms with van der Waals surface area (Å²) in [5.74, 6) is 2.83. The SMILES string of the molecule is C=C(C)[C@@H]1CC[C@]2(NCCN3CCS(=O)(=O)CC3)CC[C@]3(C)[C@H](CC[C@@H]4[C@@]5(C)CC=C(c6ccc(C(=O)O)cc6)C(C)(C)[C@@H]5CC[C@]43C)[C@@H]12.Cl. The van der Waals surface area contributed by atoms with Crippen molar-refractivity contribution >= 4 is 33.8 Å². The van der Waals surface area contributed by atoms with Crippen molar-refractivity contribution in [2.45, 2.75) is 105 Å². The molecule has 0 bridgehead atoms. The summed E-state index contributed by atoms with van der Waals surface area (Å²) in [6, 6.07) is 7.58. The predicted molar refractivity (Wildman–Crippen MR) is 206 cm³/mol. The van der Waals surface area contributed by atoms with Gasteiger partial charge in [-0.05, 0) is 139 Å². The van der Waals surface area contributed by atoms with Gasteiger partial charge in [-0.1, -0.05) is 65.0 Å². The molecule has 9 atom stereocenters. The number of halogens is 1. The van der Waals surface area contributed by atoms with Gasteiger partial charge >= 0.3 is 5.97 Å². The van der Waals surface area contributed by atoms with Crippen molar-refractivity contribution in [1.82, 2.24) is 10.2 Å². The number of rotatable bonds is 7. The molecule has 0 amide bonds. The van der Waals surface area contributed by atoms with E-state index in [1.54, 1.807) is 12.1 Å². The molecular formula is C42H63ClN2O4S. The van der Waals surface area contributed by atoms with Crippen molar-refractivity contribution in [2.75, 3.05) is 37.7 Å². The predicted octanol–water partition coefficient (Wildman–Crippen LogP) is 8.53. The number of fused-ring (bicyclic) bond motifs is 7. The van der Waals surface area contributed by atoms with Gasteiger partial charge in [0.1, 0.15) is 0 Å². The minimum absolute atomic E-state index is 0. The van der Waals surface area contributed by atoms with Crippen LogP contribution in [0.3, 0.4) is 0 Å². The molecule has 7 rings (SSSR count). The Morgan fingerprint density at radius 1 is 0.920 bits per heavy atom. The Hall–Kier alpha value is -1.67. The highest BCUT2D eigenvalue weighted by atomic mass is 35.5. The van der Waals surface area contributed by atoms with Gasteiger partial charge in [-0.15, -0.1) is 12.4 Å². The number of carbonyl (C=O) groups is 1. The third-order valence-electron chi connectivity index (χ3n) is 16.4. The molecule has 278 valence electrons. The fourth-order valence-corrected chi connectivity index (χ4v) is 15.1. The van der Waals surface area contributed by atoms with Crippen LogP contribution in [-0.2, 0) is 9.84 Å². The van der Waals surface area contributed by atoms with Gasteiger partial charge in [0.05, 0.1) is 17.1 Å². The Morgan fingerprint density at radius 3 is 2.24 bits per heavy atom. The van der Waals surface area contributed by atoms with Gasteiger partial charge in [-0.2, -0.15) is 0 Å². The van der Waals surface area contributed by atoms with Gasteiger partial charge in [0, 0.05) is 31.7 Å². The van der Waals surface area contributed by atoms with Gasteiger partial charge < -0.3 is 15.3 Å². The van der Waals surface area contributed by atoms with E-state index >= 15 is 0 Å². The highest BCUT2D eigenvalue weighted by Gasteiger charge is 2.70. The molecule has 1 heterocycles. The number of nitrogens with one attached hydrogen (secondary N) is 1. The Labute approximate surface area is 308 Å². The smallest absolute Gasteiger partial charge is 0.335 e. The van der Waals surface area contributed by atoms with E-state index in [-0.39, 0.29) is 39.6 Å². The van der Waals surface area contributed by atoms with Gasteiger partial charge in [0.15, 0.2) is 9.84 Å². The first-order valence-corrected chi connectivity index (χ1v) is 21.2. The minimum Gasteiger partial charge on any atom is -0.478 e. The molecule has 1 aromatic rings. The average molecular weight is 727 g/mol. The lowest BCUT2D eigenvalue weighted by Crippen LogP contribution is -2.68. The van der Waals surface area contributed by atoms with Gasteiger partial charge in [0.2, 0.25) is 0 Å². The standard InChI is InChI=1S/C42H62N2O4S.ClH/c1-28(2)31-14-19-42(43-22-23-44-24-26-49(47,48)27-25-44)21-20-40(6)33(36(31)42)12-13-35-39(5)17-15-32(29-8-10-30(11-9-29)37(45)46)38(3,4)34(39)16-18-41(35,40)7;/h8-11,15,31,33-36,43H,1,12-14,16-27H2,2-7H3,(H,45,46);1H/t31-,33+,34-,35+,36+,39-,40+,41+,42-;/m0./s1. The Kier molecular flexibility index (Phi) is 9.91. The lowest BCUT2D eigenvalue weighted by molar-refractivity contribution is -0.219. The number of hydrogen-bond donors (Lipinski definition) is 2. The molecule has 0 unspecified atom stereocenters. The first-order valence-electron chi connectivity index (χ1n) is 19.4. The first-order chi connectivity index (χ1) is 23.0. The molecule has 0 aromatic heterocycles. The zero-order valence-electron chi connectivity index (χ0n) is 31.5. The summed E-state index contributed by atoms with van der Waals surface area (Å²) in [4.78, 5) is 13.9. The molecule has 6 aliphatic rings. The average Bonchev–Trinajstić information content (AvgIpc) is 3.42. The number of carboxylic acid groups (broad SMARTS) is 1. The van der Waals surface area contributed by atoms with E-state index < -0.39 is 15.8 Å². The fraction of sp³-hybridized carbons (Fsp3) is 0.738. The maximum Gasteiger partial charge on any atom is 0.335 e. The molecule has 1 saturated heterocycles. The molecule has 2 N–H and O–H groups in total. The second kappa shape index (κ2) is 13.0. The largest absolute Gasteiger partial charge is 0.478 e. The lowest BCUT2D eigenvalue weighted by atomic mass is 9.33. The Morgan fingerprint density at radius 2 is 1.60 bits per heavy atom. The van der Waals surface area contributed by atoms with Crippen LogP contribution in [0, 0.1) is 51.2 Å². The molecule has 1 aromatic carbocycles. The summed E-state index contributed by atoms with van der Waals surface area (Å²) >= 11 is 0. The summed E-state index contributed by atoms with van der Waals surface area (Å²) in [7, 11) is -2.86. The van der Waals surface area contributed by atoms with Gasteiger partial charge in [0.25, 0.3) is 0 Å². The Bertz CT molecular complexity index is 1620. The zero-order chi connectivity index (χ0) is 35.2. The van der Waals surface area contributed by atoms with Crippen LogP contribution in [0.4, 0.5) is 0 Å². The van der Waals surface area contributed by atoms with Crippen molar-refractivity contribution in [3.05, 3.63) is 53.6 Å². The third kappa shape index (κ3) is 5.78. The van der Waals surface area contributed by atoms with Crippen LogP contribution >= 0.6 is 12.4 Å². The molecule has 0 spiro atoms. The second-order valence-electron chi connectivity index (χ2n) is 18.7. The van der Waals surface area contributed by atoms with Crippen LogP contribution in [0.25, 0.3) is 5.57 Å². The van der Waals surface area contributed by atoms with Crippen molar-refractivity contribution < 1.29 is 18.3 Å². The molecule has 0 radical (unpaired) electrons. The quantitative estimate of drug-likeness (QED) is 0.274. The normalized spacial score (nSPS) is 41.7. The van der Waals surface area contributed by atoms with Gasteiger partial charge in [-0.25, -0.2) is 13.2 Å². The second-order valence-corrected chi connectivity index (χ2v) is 21.0. The van der Waals surface area contributed by atoms with Crippen LogP contribution in [-0.4, -0.2) is 67.6 Å². The number of nitrogens with zero attached hydrogens (tertiary/aromatic N) is 1. The van der Waals surface area contributed by atoms with Gasteiger partial charge in [-0.3, -0.25) is 0 Å². The van der Waals surface area contributed by atoms with Crippen LogP contribution in [0.1, 0.15) is 115 Å². The number of hydrogen-bond acceptors (Lipinski definition) is 5. The summed E-state index contributed by atoms with van der Waals surface area (Å²) in [6.07, 6.45) is 13.7. The van der Waals surface area contributed by atoms with E-state index in [9.17, 15) is 18.3 Å². The first kappa shape index (κ1) is 38.1. The molecular weight excluding hydrogens is 664 g/mol. The number of sulfone groups is 1. The summed E-state index contributed by atoms with van der Waals surface area (Å²) < 4.78 is 24.0. The number of aromatic carboxylic acids is 1. The molecule has 1 aliphatic heterocycles. The van der Waals surface area contributed by atoms with E-state index in [0.717, 1.165) is 19.5 Å². The van der Waals surface area contributed by atoms with Crippen molar-refractivity contribution in [3.8, 4) is 0 Å². The van der Waals surface area contributed by atoms with Crippen molar-refractivity contribution in [2.24, 2.45) is 51.2 Å². The molecule has 5 aliphatic carbocycles. The minimum atomic E-state index is -2.86. The van der Waals surface area contributed by atoms with E-state index in [2.05, 4.69) is 64.4 Å². The molecule has 6 nitrogen and oxygen atoms in total. The zero-order valence-corrected chi connectivity index (χ0v) is 33.2. The van der Waals surface area contributed by atoms with E-state index in [4.69, 9.17) is 0 Å². The topological polar surface area (TPSA) is 86.7 Å². The summed E-state index contributed by atoms with van der Waals surface area (Å²) in [6.45, 7) is 23.0. The molecule has 50 heavy (non-hydrogen) atoms. The van der Waals surface area contributed by atoms with Crippen LogP contribution in [0.2, 0.25) is 0 Å². The maximum atomic E-state index is 12.0. The highest BCUT2D eigenvalue weighted by Crippen LogP contribution is 2.76. The Balaban J connectivity index is 0.00000432. The lowest BCUT2D eigenvalue weighted by Gasteiger charge is -2.72. The fourth-order valence-electron chi connectivity index (χ4n) is 13.8. The van der Waals surface area contributed by atoms with Crippen molar-refractivity contribution in [3.63, 3.8) is 0 Å². The van der Waals surface area contributed by atoms with Crippen molar-refractivity contribution in [1.29, 1.82) is 0 Å².